The lowest BCUT2D eigenvalue weighted by atomic mass is 10.1. The van der Waals surface area contributed by atoms with Gasteiger partial charge in [-0.15, -0.1) is 0 Å². The van der Waals surface area contributed by atoms with E-state index in [1.54, 1.807) is 24.3 Å². The van der Waals surface area contributed by atoms with Crippen LogP contribution in [-0.4, -0.2) is 18.0 Å². The molecule has 5 nitrogen and oxygen atoms in total. The molecular weight excluding hydrogens is 408 g/mol. The highest BCUT2D eigenvalue weighted by atomic mass is 32.2. The zero-order valence-electron chi connectivity index (χ0n) is 16.1. The normalized spacial score (nSPS) is 11.7. The van der Waals surface area contributed by atoms with Crippen LogP contribution in [0.5, 0.6) is 0 Å². The van der Waals surface area contributed by atoms with Crippen LogP contribution in [0.25, 0.3) is 11.0 Å². The molecule has 0 atom stereocenters. The molecule has 0 fully saturated rings. The Balaban J connectivity index is 1.46. The number of fused-ring (bicyclic) bond motifs is 1. The highest BCUT2D eigenvalue weighted by Gasteiger charge is 2.20. The maximum atomic E-state index is 13.8. The van der Waals surface area contributed by atoms with E-state index in [4.69, 9.17) is 0 Å². The Kier molecular flexibility index (Phi) is 5.26. The van der Waals surface area contributed by atoms with Crippen molar-refractivity contribution in [3.8, 4) is 0 Å². The van der Waals surface area contributed by atoms with Crippen molar-refractivity contribution in [1.29, 1.82) is 0 Å². The second-order valence-electron chi connectivity index (χ2n) is 6.95. The lowest BCUT2D eigenvalue weighted by Gasteiger charge is -2.10. The van der Waals surface area contributed by atoms with Crippen LogP contribution in [0, 0.1) is 11.6 Å². The minimum Gasteiger partial charge on any atom is -0.331 e. The maximum Gasteiger partial charge on any atom is 0.264 e. The van der Waals surface area contributed by atoms with E-state index in [1.165, 1.54) is 0 Å². The van der Waals surface area contributed by atoms with Gasteiger partial charge in [0.1, 0.15) is 22.4 Å². The maximum absolute atomic E-state index is 13.8. The molecule has 0 aliphatic heterocycles. The Morgan fingerprint density at radius 2 is 1.70 bits per heavy atom. The molecule has 1 heterocycles. The predicted molar refractivity (Wildman–Crippen MR) is 112 cm³/mol. The third-order valence-electron chi connectivity index (χ3n) is 4.91. The van der Waals surface area contributed by atoms with Gasteiger partial charge in [-0.05, 0) is 54.4 Å². The fourth-order valence-corrected chi connectivity index (χ4v) is 4.46. The molecule has 0 aliphatic carbocycles. The van der Waals surface area contributed by atoms with E-state index in [0.29, 0.717) is 6.07 Å². The van der Waals surface area contributed by atoms with E-state index in [-0.39, 0.29) is 5.69 Å². The molecule has 3 aromatic carbocycles. The highest BCUT2D eigenvalue weighted by molar-refractivity contribution is 7.92. The zero-order chi connectivity index (χ0) is 21.3. The number of nitrogens with zero attached hydrogens (tertiary/aromatic N) is 2. The first-order valence-electron chi connectivity index (χ1n) is 9.31. The molecule has 0 amide bonds. The SMILES string of the molecule is Cn1c(CCc2ccc(NS(=O)(=O)c3cc(F)ccc3F)cc2)nc2ccccc21. The van der Waals surface area contributed by atoms with Crippen LogP contribution in [0.4, 0.5) is 14.5 Å². The smallest absolute Gasteiger partial charge is 0.264 e. The molecule has 0 bridgehead atoms. The Hall–Kier alpha value is -3.26. The number of aryl methyl sites for hydroxylation is 3. The second kappa shape index (κ2) is 7.87. The van der Waals surface area contributed by atoms with Gasteiger partial charge in [-0.2, -0.15) is 0 Å². The molecule has 8 heteroatoms. The summed E-state index contributed by atoms with van der Waals surface area (Å²) in [7, 11) is -2.25. The number of para-hydroxylation sites is 2. The standard InChI is InChI=1S/C22H19F2N3O2S/c1-27-20-5-3-2-4-19(20)25-22(27)13-8-15-6-10-17(11-7-15)26-30(28,29)21-14-16(23)9-12-18(21)24/h2-7,9-12,14,26H,8,13H2,1H3. The topological polar surface area (TPSA) is 64.0 Å². The van der Waals surface area contributed by atoms with Crippen molar-refractivity contribution in [2.24, 2.45) is 7.05 Å². The van der Waals surface area contributed by atoms with E-state index >= 15 is 0 Å². The first kappa shape index (κ1) is 20.0. The number of imidazole rings is 1. The highest BCUT2D eigenvalue weighted by Crippen LogP contribution is 2.21. The Morgan fingerprint density at radius 3 is 2.43 bits per heavy atom. The Labute approximate surface area is 173 Å². The van der Waals surface area contributed by atoms with E-state index in [2.05, 4.69) is 14.3 Å². The number of aromatic nitrogens is 2. The van der Waals surface area contributed by atoms with E-state index in [1.807, 2.05) is 31.3 Å². The molecule has 30 heavy (non-hydrogen) atoms. The van der Waals surface area contributed by atoms with Gasteiger partial charge in [0.15, 0.2) is 0 Å². The summed E-state index contributed by atoms with van der Waals surface area (Å²) in [4.78, 5) is 3.92. The van der Waals surface area contributed by atoms with Crippen molar-refractivity contribution in [1.82, 2.24) is 9.55 Å². The monoisotopic (exact) mass is 427 g/mol. The fraction of sp³-hybridized carbons (Fsp3) is 0.136. The van der Waals surface area contributed by atoms with Crippen molar-refractivity contribution in [2.45, 2.75) is 17.7 Å². The molecule has 0 aliphatic rings. The van der Waals surface area contributed by atoms with Gasteiger partial charge in [-0.1, -0.05) is 24.3 Å². The second-order valence-corrected chi connectivity index (χ2v) is 8.60. The molecule has 1 aromatic heterocycles. The Morgan fingerprint density at radius 1 is 0.967 bits per heavy atom. The molecule has 0 spiro atoms. The number of hydrogen-bond acceptors (Lipinski definition) is 3. The van der Waals surface area contributed by atoms with Crippen molar-refractivity contribution in [2.75, 3.05) is 4.72 Å². The van der Waals surface area contributed by atoms with Crippen LogP contribution < -0.4 is 4.72 Å². The molecule has 0 radical (unpaired) electrons. The summed E-state index contributed by atoms with van der Waals surface area (Å²) in [6.45, 7) is 0. The Bertz CT molecular complexity index is 1320. The number of benzene rings is 3. The summed E-state index contributed by atoms with van der Waals surface area (Å²) >= 11 is 0. The van der Waals surface area contributed by atoms with Crippen molar-refractivity contribution in [3.05, 3.63) is 89.8 Å². The van der Waals surface area contributed by atoms with E-state index < -0.39 is 26.6 Å². The van der Waals surface area contributed by atoms with Gasteiger partial charge in [0.05, 0.1) is 11.0 Å². The van der Waals surface area contributed by atoms with Gasteiger partial charge in [0, 0.05) is 19.2 Å². The summed E-state index contributed by atoms with van der Waals surface area (Å²) in [5, 5.41) is 0. The summed E-state index contributed by atoms with van der Waals surface area (Å²) in [5.41, 5.74) is 3.29. The number of rotatable bonds is 6. The largest absolute Gasteiger partial charge is 0.331 e. The third kappa shape index (κ3) is 4.04. The van der Waals surface area contributed by atoms with Crippen LogP contribution in [0.1, 0.15) is 11.4 Å². The number of nitrogens with one attached hydrogen (secondary N) is 1. The van der Waals surface area contributed by atoms with Gasteiger partial charge in [-0.25, -0.2) is 22.2 Å². The van der Waals surface area contributed by atoms with Gasteiger partial charge < -0.3 is 4.57 Å². The quantitative estimate of drug-likeness (QED) is 0.495. The number of anilines is 1. The average Bonchev–Trinajstić information content (AvgIpc) is 3.05. The number of sulfonamides is 1. The van der Waals surface area contributed by atoms with Gasteiger partial charge in [0.2, 0.25) is 0 Å². The predicted octanol–water partition coefficient (Wildman–Crippen LogP) is 4.44. The van der Waals surface area contributed by atoms with Crippen molar-refractivity contribution >= 4 is 26.7 Å². The van der Waals surface area contributed by atoms with Crippen LogP contribution in [0.3, 0.4) is 0 Å². The van der Waals surface area contributed by atoms with E-state index in [9.17, 15) is 17.2 Å². The van der Waals surface area contributed by atoms with Crippen molar-refractivity contribution < 1.29 is 17.2 Å². The number of halogens is 2. The minimum atomic E-state index is -4.23. The van der Waals surface area contributed by atoms with Gasteiger partial charge in [-0.3, -0.25) is 4.72 Å². The molecule has 1 N–H and O–H groups in total. The molecule has 0 saturated carbocycles. The summed E-state index contributed by atoms with van der Waals surface area (Å²) in [6.07, 6.45) is 1.45. The first-order chi connectivity index (χ1) is 14.3. The van der Waals surface area contributed by atoms with Crippen LogP contribution in [-0.2, 0) is 29.9 Å². The molecular formula is C22H19F2N3O2S. The fourth-order valence-electron chi connectivity index (χ4n) is 3.31. The third-order valence-corrected chi connectivity index (χ3v) is 6.30. The summed E-state index contributed by atoms with van der Waals surface area (Å²) in [6, 6.07) is 17.0. The first-order valence-corrected chi connectivity index (χ1v) is 10.8. The van der Waals surface area contributed by atoms with E-state index in [0.717, 1.165) is 47.4 Å². The van der Waals surface area contributed by atoms with Crippen molar-refractivity contribution in [3.63, 3.8) is 0 Å². The van der Waals surface area contributed by atoms with Crippen LogP contribution in [0.2, 0.25) is 0 Å². The summed E-state index contributed by atoms with van der Waals surface area (Å²) in [5.74, 6) is -0.875. The lowest BCUT2D eigenvalue weighted by Crippen LogP contribution is -2.15. The zero-order valence-corrected chi connectivity index (χ0v) is 17.0. The molecule has 4 aromatic rings. The van der Waals surface area contributed by atoms with Gasteiger partial charge in [0.25, 0.3) is 10.0 Å². The number of hydrogen-bond donors (Lipinski definition) is 1. The van der Waals surface area contributed by atoms with Crippen LogP contribution in [0.15, 0.2) is 71.6 Å². The lowest BCUT2D eigenvalue weighted by molar-refractivity contribution is 0.555. The van der Waals surface area contributed by atoms with Crippen LogP contribution >= 0.6 is 0 Å². The average molecular weight is 427 g/mol. The molecule has 154 valence electrons. The molecule has 0 saturated heterocycles. The molecule has 4 rings (SSSR count). The summed E-state index contributed by atoms with van der Waals surface area (Å²) < 4.78 is 56.2. The van der Waals surface area contributed by atoms with Gasteiger partial charge >= 0.3 is 0 Å². The minimum absolute atomic E-state index is 0.269. The molecule has 0 unspecified atom stereocenters.